The second-order valence-corrected chi connectivity index (χ2v) is 4.12. The number of hydrogen-bond acceptors (Lipinski definition) is 2. The van der Waals surface area contributed by atoms with Crippen LogP contribution in [0.25, 0.3) is 0 Å². The van der Waals surface area contributed by atoms with Crippen LogP contribution >= 0.6 is 0 Å². The third-order valence-corrected chi connectivity index (χ3v) is 2.95. The van der Waals surface area contributed by atoms with Gasteiger partial charge >= 0.3 is 0 Å². The topological polar surface area (TPSA) is 29.9 Å². The molecule has 0 amide bonds. The van der Waals surface area contributed by atoms with Crippen LogP contribution in [0.2, 0.25) is 0 Å². The number of aromatic nitrogens is 2. The molecule has 90 valence electrons. The number of allylic oxidation sites excluding steroid dienone is 1. The average molecular weight is 221 g/mol. The number of nitrogens with zero attached hydrogens (tertiary/aromatic N) is 2. The van der Waals surface area contributed by atoms with E-state index >= 15 is 0 Å². The Labute approximate surface area is 98.5 Å². The van der Waals surface area contributed by atoms with Crippen LogP contribution in [-0.2, 0) is 13.5 Å². The lowest BCUT2D eigenvalue weighted by molar-refractivity contribution is 0.470. The maximum atomic E-state index is 4.16. The second kappa shape index (κ2) is 7.23. The van der Waals surface area contributed by atoms with E-state index in [1.54, 1.807) is 0 Å². The second-order valence-electron chi connectivity index (χ2n) is 4.12. The standard InChI is InChI=1S/C13H23N3/c1-4-6-7-12(5-2)14-10-8-13-9-11-15-16(13)3/h4,9,11-12,14H,1,5-8,10H2,2-3H3. The van der Waals surface area contributed by atoms with Gasteiger partial charge in [-0.3, -0.25) is 4.68 Å². The molecule has 1 rings (SSSR count). The number of hydrogen-bond donors (Lipinski definition) is 1. The number of rotatable bonds is 8. The molecule has 1 aromatic rings. The largest absolute Gasteiger partial charge is 0.314 e. The predicted molar refractivity (Wildman–Crippen MR) is 68.4 cm³/mol. The SMILES string of the molecule is C=CCCC(CC)NCCc1ccnn1C. The average Bonchev–Trinajstić information content (AvgIpc) is 2.69. The van der Waals surface area contributed by atoms with E-state index in [0.717, 1.165) is 19.4 Å². The highest BCUT2D eigenvalue weighted by Gasteiger charge is 2.04. The fourth-order valence-electron chi connectivity index (χ4n) is 1.82. The Morgan fingerprint density at radius 1 is 1.62 bits per heavy atom. The van der Waals surface area contributed by atoms with Gasteiger partial charge in [0.1, 0.15) is 0 Å². The van der Waals surface area contributed by atoms with E-state index < -0.39 is 0 Å². The van der Waals surface area contributed by atoms with Gasteiger partial charge in [-0.2, -0.15) is 5.10 Å². The van der Waals surface area contributed by atoms with E-state index in [9.17, 15) is 0 Å². The Morgan fingerprint density at radius 3 is 3.00 bits per heavy atom. The van der Waals surface area contributed by atoms with E-state index in [1.165, 1.54) is 18.5 Å². The molecule has 1 unspecified atom stereocenters. The third-order valence-electron chi connectivity index (χ3n) is 2.95. The van der Waals surface area contributed by atoms with E-state index in [2.05, 4.69) is 30.0 Å². The van der Waals surface area contributed by atoms with Crippen LogP contribution in [0.15, 0.2) is 24.9 Å². The summed E-state index contributed by atoms with van der Waals surface area (Å²) in [6, 6.07) is 2.69. The van der Waals surface area contributed by atoms with Crippen molar-refractivity contribution in [1.29, 1.82) is 0 Å². The molecule has 1 N–H and O–H groups in total. The summed E-state index contributed by atoms with van der Waals surface area (Å²) in [4.78, 5) is 0. The van der Waals surface area contributed by atoms with Crippen molar-refractivity contribution in [3.63, 3.8) is 0 Å². The smallest absolute Gasteiger partial charge is 0.0492 e. The van der Waals surface area contributed by atoms with Gasteiger partial charge in [0.25, 0.3) is 0 Å². The van der Waals surface area contributed by atoms with Gasteiger partial charge < -0.3 is 5.32 Å². The summed E-state index contributed by atoms with van der Waals surface area (Å²) in [5, 5.41) is 7.74. The van der Waals surface area contributed by atoms with Crippen LogP contribution in [0.1, 0.15) is 31.9 Å². The monoisotopic (exact) mass is 221 g/mol. The maximum absolute atomic E-state index is 4.16. The Kier molecular flexibility index (Phi) is 5.86. The molecule has 1 aromatic heterocycles. The van der Waals surface area contributed by atoms with Gasteiger partial charge in [0.2, 0.25) is 0 Å². The molecule has 0 aromatic carbocycles. The molecule has 0 aliphatic heterocycles. The summed E-state index contributed by atoms with van der Waals surface area (Å²) in [6.07, 6.45) is 8.35. The van der Waals surface area contributed by atoms with Gasteiger partial charge in [-0.25, -0.2) is 0 Å². The summed E-state index contributed by atoms with van der Waals surface area (Å²) in [5.74, 6) is 0. The minimum absolute atomic E-state index is 0.617. The van der Waals surface area contributed by atoms with E-state index in [-0.39, 0.29) is 0 Å². The quantitative estimate of drug-likeness (QED) is 0.683. The first-order chi connectivity index (χ1) is 7.77. The van der Waals surface area contributed by atoms with Crippen molar-refractivity contribution in [2.24, 2.45) is 7.05 Å². The van der Waals surface area contributed by atoms with Crippen LogP contribution < -0.4 is 5.32 Å². The fraction of sp³-hybridized carbons (Fsp3) is 0.615. The predicted octanol–water partition coefficient (Wildman–Crippen LogP) is 2.30. The summed E-state index contributed by atoms with van der Waals surface area (Å²) in [6.45, 7) is 7.01. The summed E-state index contributed by atoms with van der Waals surface area (Å²) >= 11 is 0. The minimum atomic E-state index is 0.617. The zero-order valence-electron chi connectivity index (χ0n) is 10.4. The van der Waals surface area contributed by atoms with E-state index in [1.807, 2.05) is 24.0 Å². The molecule has 0 saturated carbocycles. The summed E-state index contributed by atoms with van der Waals surface area (Å²) in [5.41, 5.74) is 1.28. The van der Waals surface area contributed by atoms with Crippen LogP contribution in [0, 0.1) is 0 Å². The molecule has 16 heavy (non-hydrogen) atoms. The first kappa shape index (κ1) is 13.0. The van der Waals surface area contributed by atoms with E-state index in [4.69, 9.17) is 0 Å². The highest BCUT2D eigenvalue weighted by Crippen LogP contribution is 2.03. The molecule has 1 heterocycles. The minimum Gasteiger partial charge on any atom is -0.314 e. The molecule has 0 radical (unpaired) electrons. The Bertz CT molecular complexity index is 304. The first-order valence-corrected chi connectivity index (χ1v) is 6.09. The normalized spacial score (nSPS) is 12.6. The van der Waals surface area contributed by atoms with Crippen LogP contribution in [0.4, 0.5) is 0 Å². The molecule has 0 aliphatic carbocycles. The molecular weight excluding hydrogens is 198 g/mol. The number of nitrogens with one attached hydrogen (secondary N) is 1. The van der Waals surface area contributed by atoms with Gasteiger partial charge in [-0.1, -0.05) is 13.0 Å². The number of aryl methyl sites for hydroxylation is 1. The first-order valence-electron chi connectivity index (χ1n) is 6.09. The molecule has 1 atom stereocenters. The zero-order valence-corrected chi connectivity index (χ0v) is 10.4. The zero-order chi connectivity index (χ0) is 11.8. The highest BCUT2D eigenvalue weighted by atomic mass is 15.3. The molecule has 0 saturated heterocycles. The van der Waals surface area contributed by atoms with Crippen LogP contribution in [0.5, 0.6) is 0 Å². The Balaban J connectivity index is 2.23. The van der Waals surface area contributed by atoms with Gasteiger partial charge in [0.05, 0.1) is 0 Å². The lowest BCUT2D eigenvalue weighted by Gasteiger charge is -2.15. The molecule has 0 aliphatic rings. The van der Waals surface area contributed by atoms with Crippen molar-refractivity contribution in [1.82, 2.24) is 15.1 Å². The lowest BCUT2D eigenvalue weighted by Crippen LogP contribution is -2.30. The Morgan fingerprint density at radius 2 is 2.44 bits per heavy atom. The van der Waals surface area contributed by atoms with Crippen molar-refractivity contribution < 1.29 is 0 Å². The van der Waals surface area contributed by atoms with Crippen molar-refractivity contribution in [2.75, 3.05) is 6.54 Å². The molecule has 0 spiro atoms. The van der Waals surface area contributed by atoms with E-state index in [0.29, 0.717) is 6.04 Å². The molecule has 3 nitrogen and oxygen atoms in total. The molecule has 3 heteroatoms. The van der Waals surface area contributed by atoms with Gasteiger partial charge in [-0.05, 0) is 25.3 Å². The lowest BCUT2D eigenvalue weighted by atomic mass is 10.1. The van der Waals surface area contributed by atoms with Crippen LogP contribution in [-0.4, -0.2) is 22.4 Å². The van der Waals surface area contributed by atoms with Crippen molar-refractivity contribution >= 4 is 0 Å². The van der Waals surface area contributed by atoms with Crippen molar-refractivity contribution in [3.8, 4) is 0 Å². The van der Waals surface area contributed by atoms with Crippen molar-refractivity contribution in [2.45, 2.75) is 38.6 Å². The van der Waals surface area contributed by atoms with Gasteiger partial charge in [-0.15, -0.1) is 6.58 Å². The molecular formula is C13H23N3. The fourth-order valence-corrected chi connectivity index (χ4v) is 1.82. The Hall–Kier alpha value is -1.09. The van der Waals surface area contributed by atoms with Gasteiger partial charge in [0.15, 0.2) is 0 Å². The van der Waals surface area contributed by atoms with Gasteiger partial charge in [0, 0.05) is 37.9 Å². The van der Waals surface area contributed by atoms with Crippen molar-refractivity contribution in [3.05, 3.63) is 30.6 Å². The van der Waals surface area contributed by atoms with Crippen LogP contribution in [0.3, 0.4) is 0 Å². The molecule has 0 fully saturated rings. The summed E-state index contributed by atoms with van der Waals surface area (Å²) < 4.78 is 1.94. The maximum Gasteiger partial charge on any atom is 0.0492 e. The molecule has 0 bridgehead atoms. The third kappa shape index (κ3) is 4.19. The highest BCUT2D eigenvalue weighted by molar-refractivity contribution is 5.00. The summed E-state index contributed by atoms with van der Waals surface area (Å²) in [7, 11) is 1.99.